The largest absolute Gasteiger partial charge is 0.490 e. The molecule has 7 N–H and O–H groups in total. The molecule has 15 nitrogen and oxygen atoms in total. The Kier molecular flexibility index (Phi) is 11.6. The zero-order valence-electron chi connectivity index (χ0n) is 25.1. The number of anilines is 2. The standard InChI is InChI=1S/C26H31ClN8O6S2.CH4O/c1-26(2)20(24(37)35(26)41-43-38)32-23(36)19(18-21(27)42-25(28)31-18)33-40-9-8-39-16-4-5-17-15(10-16)6-7-34(3)22(17)30-13-14-11-29-12-14;1-2/h4-7,10,14,20,29H,8-9,11-13H2,1-3H3,(H4,28,31,32,36,38);2H,1H3/p+1/b33-19-;/t20-;/m1./s1. The summed E-state index contributed by atoms with van der Waals surface area (Å²) in [6.07, 6.45) is 2.00. The van der Waals surface area contributed by atoms with E-state index in [4.69, 9.17) is 40.9 Å². The van der Waals surface area contributed by atoms with E-state index >= 15 is 0 Å². The van der Waals surface area contributed by atoms with Crippen molar-refractivity contribution in [2.24, 2.45) is 18.1 Å². The molecule has 3 aromatic rings. The van der Waals surface area contributed by atoms with Gasteiger partial charge in [0.1, 0.15) is 28.4 Å². The number of ether oxygens (including phenoxy) is 1. The molecule has 4 heterocycles. The maximum absolute atomic E-state index is 13.2. The van der Waals surface area contributed by atoms with Crippen molar-refractivity contribution < 1.29 is 37.7 Å². The van der Waals surface area contributed by atoms with Gasteiger partial charge in [0.05, 0.1) is 30.7 Å². The number of fused-ring (bicyclic) bond motifs is 1. The molecular weight excluding hydrogens is 648 g/mol. The number of nitrogens with one attached hydrogen (secondary N) is 3. The first kappa shape index (κ1) is 34.4. The van der Waals surface area contributed by atoms with Crippen molar-refractivity contribution in [3.8, 4) is 5.75 Å². The van der Waals surface area contributed by atoms with Crippen LogP contribution in [0.1, 0.15) is 19.5 Å². The average molecular weight is 684 g/mol. The zero-order valence-corrected chi connectivity index (χ0v) is 27.5. The van der Waals surface area contributed by atoms with Crippen LogP contribution in [0.4, 0.5) is 10.9 Å². The number of thiazole rings is 1. The number of carbonyl (C=O) groups excluding carboxylic acids is 2. The SMILES string of the molecule is CO.C[n+]1ccc2cc(OCCO/N=C(\C(=O)N[C@@H]3C(=O)N(OSO)C3(C)C)c3nc(N)sc3Cl)ccc2c1NCC1CNC1. The maximum Gasteiger partial charge on any atom is 0.282 e. The predicted molar refractivity (Wildman–Crippen MR) is 172 cm³/mol. The number of aliphatic hydroxyl groups excluding tert-OH is 1. The second-order valence-corrected chi connectivity index (χ2v) is 12.5. The normalized spacial score (nSPS) is 17.6. The summed E-state index contributed by atoms with van der Waals surface area (Å²) in [5.41, 5.74) is 4.59. The number of pyridine rings is 1. The number of nitrogen functional groups attached to an aromatic ring is 1. The molecule has 45 heavy (non-hydrogen) atoms. The quantitative estimate of drug-likeness (QED) is 0.0380. The van der Waals surface area contributed by atoms with Gasteiger partial charge in [-0.05, 0) is 43.5 Å². The summed E-state index contributed by atoms with van der Waals surface area (Å²) in [7, 11) is 3.01. The third-order valence-electron chi connectivity index (χ3n) is 7.23. The van der Waals surface area contributed by atoms with E-state index in [2.05, 4.69) is 30.7 Å². The first-order valence-corrected chi connectivity index (χ1v) is 15.7. The van der Waals surface area contributed by atoms with Gasteiger partial charge in [0, 0.05) is 26.1 Å². The third-order valence-corrected chi connectivity index (χ3v) is 8.53. The molecule has 1 atom stereocenters. The Labute approximate surface area is 273 Å². The Hall–Kier alpha value is -3.45. The number of hydrogen-bond donors (Lipinski definition) is 6. The van der Waals surface area contributed by atoms with Crippen LogP contribution in [0.25, 0.3) is 10.8 Å². The maximum atomic E-state index is 13.2. The van der Waals surface area contributed by atoms with Gasteiger partial charge in [0.2, 0.25) is 0 Å². The third kappa shape index (κ3) is 7.69. The Bertz CT molecular complexity index is 1550. The zero-order chi connectivity index (χ0) is 32.7. The lowest BCUT2D eigenvalue weighted by atomic mass is 9.84. The van der Waals surface area contributed by atoms with Crippen molar-refractivity contribution in [2.75, 3.05) is 51.0 Å². The van der Waals surface area contributed by atoms with Gasteiger partial charge in [-0.2, -0.15) is 9.35 Å². The molecule has 0 saturated carbocycles. The van der Waals surface area contributed by atoms with E-state index in [9.17, 15) is 9.59 Å². The van der Waals surface area contributed by atoms with Gasteiger partial charge in [-0.1, -0.05) is 28.1 Å². The van der Waals surface area contributed by atoms with Crippen LogP contribution in [0.3, 0.4) is 0 Å². The molecule has 244 valence electrons. The minimum atomic E-state index is -0.962. The highest BCUT2D eigenvalue weighted by molar-refractivity contribution is 7.88. The number of rotatable bonds is 13. The fourth-order valence-electron chi connectivity index (χ4n) is 4.72. The number of aliphatic hydroxyl groups is 1. The molecule has 2 aromatic heterocycles. The van der Waals surface area contributed by atoms with E-state index in [1.54, 1.807) is 13.8 Å². The molecule has 2 fully saturated rings. The van der Waals surface area contributed by atoms with Crippen molar-refractivity contribution in [3.63, 3.8) is 0 Å². The Morgan fingerprint density at radius 1 is 1.33 bits per heavy atom. The monoisotopic (exact) mass is 683 g/mol. The van der Waals surface area contributed by atoms with Crippen molar-refractivity contribution in [1.82, 2.24) is 20.7 Å². The number of nitrogens with zero attached hydrogens (tertiary/aromatic N) is 4. The van der Waals surface area contributed by atoms with Gasteiger partial charge >= 0.3 is 0 Å². The number of benzene rings is 1. The molecule has 0 aliphatic carbocycles. The second-order valence-electron chi connectivity index (χ2n) is 10.6. The molecule has 18 heteroatoms. The number of hydroxylamine groups is 2. The summed E-state index contributed by atoms with van der Waals surface area (Å²) in [6.45, 7) is 6.41. The molecule has 5 rings (SSSR count). The van der Waals surface area contributed by atoms with Gasteiger partial charge in [-0.25, -0.2) is 9.55 Å². The average Bonchev–Trinajstić information content (AvgIpc) is 3.34. The van der Waals surface area contributed by atoms with Gasteiger partial charge in [0.15, 0.2) is 29.8 Å². The summed E-state index contributed by atoms with van der Waals surface area (Å²) >= 11 is 7.25. The van der Waals surface area contributed by atoms with Crippen LogP contribution in [0.2, 0.25) is 4.34 Å². The fourth-order valence-corrected chi connectivity index (χ4v) is 5.98. The van der Waals surface area contributed by atoms with E-state index < -0.39 is 23.4 Å². The molecule has 0 spiro atoms. The van der Waals surface area contributed by atoms with Crippen LogP contribution in [0.15, 0.2) is 35.6 Å². The van der Waals surface area contributed by atoms with Crippen LogP contribution in [0, 0.1) is 5.92 Å². The number of aryl methyl sites for hydroxylation is 1. The lowest BCUT2D eigenvalue weighted by Crippen LogP contribution is -2.76. The summed E-state index contributed by atoms with van der Waals surface area (Å²) < 4.78 is 21.9. The van der Waals surface area contributed by atoms with E-state index in [-0.39, 0.29) is 46.4 Å². The van der Waals surface area contributed by atoms with Crippen molar-refractivity contribution in [2.45, 2.75) is 25.4 Å². The van der Waals surface area contributed by atoms with Crippen molar-refractivity contribution in [1.29, 1.82) is 0 Å². The summed E-state index contributed by atoms with van der Waals surface area (Å²) in [5.74, 6) is 1.01. The highest BCUT2D eigenvalue weighted by atomic mass is 35.5. The van der Waals surface area contributed by atoms with Crippen LogP contribution in [-0.4, -0.2) is 88.8 Å². The lowest BCUT2D eigenvalue weighted by molar-refractivity contribution is -0.656. The van der Waals surface area contributed by atoms with E-state index in [0.29, 0.717) is 11.7 Å². The highest BCUT2D eigenvalue weighted by Gasteiger charge is 2.57. The molecule has 0 radical (unpaired) electrons. The molecule has 2 saturated heterocycles. The minimum Gasteiger partial charge on any atom is -0.490 e. The molecule has 2 aliphatic rings. The fraction of sp³-hybridized carbons (Fsp3) is 0.444. The highest BCUT2D eigenvalue weighted by Crippen LogP contribution is 2.34. The Morgan fingerprint density at radius 2 is 2.09 bits per heavy atom. The van der Waals surface area contributed by atoms with Gasteiger partial charge in [0.25, 0.3) is 17.6 Å². The summed E-state index contributed by atoms with van der Waals surface area (Å²) in [5, 5.41) is 23.6. The number of hydrogen-bond acceptors (Lipinski definition) is 14. The van der Waals surface area contributed by atoms with Crippen LogP contribution < -0.4 is 31.0 Å². The lowest BCUT2D eigenvalue weighted by Gasteiger charge is -2.50. The van der Waals surface area contributed by atoms with Crippen LogP contribution in [-0.2, 0) is 25.8 Å². The molecule has 0 bridgehead atoms. The molecule has 2 amide bonds. The van der Waals surface area contributed by atoms with Crippen molar-refractivity contribution >= 4 is 74.5 Å². The van der Waals surface area contributed by atoms with E-state index in [1.807, 2.05) is 37.5 Å². The van der Waals surface area contributed by atoms with Gasteiger partial charge in [-0.15, -0.1) is 0 Å². The van der Waals surface area contributed by atoms with Crippen molar-refractivity contribution in [3.05, 3.63) is 40.5 Å². The van der Waals surface area contributed by atoms with Gasteiger partial charge in [-0.3, -0.25) is 14.9 Å². The molecule has 1 aromatic carbocycles. The smallest absolute Gasteiger partial charge is 0.282 e. The Balaban J connectivity index is 0.00000226. The number of β-lactam (4-membered cyclic amide) rings is 1. The first-order valence-electron chi connectivity index (χ1n) is 13.8. The van der Waals surface area contributed by atoms with Crippen LogP contribution >= 0.6 is 35.3 Å². The topological polar surface area (TPSA) is 197 Å². The molecular formula is C27H36ClN8O7S2+. The van der Waals surface area contributed by atoms with Crippen LogP contribution in [0.5, 0.6) is 5.75 Å². The second kappa shape index (κ2) is 15.2. The number of amides is 2. The number of oxime groups is 1. The molecule has 0 unspecified atom stereocenters. The summed E-state index contributed by atoms with van der Waals surface area (Å²) in [6, 6.07) is 6.91. The number of halogens is 1. The van der Waals surface area contributed by atoms with E-state index in [0.717, 1.165) is 59.7 Å². The van der Waals surface area contributed by atoms with E-state index in [1.165, 1.54) is 0 Å². The first-order chi connectivity index (χ1) is 21.6. The Morgan fingerprint density at radius 3 is 2.71 bits per heavy atom. The predicted octanol–water partition coefficient (Wildman–Crippen LogP) is 1.55. The summed E-state index contributed by atoms with van der Waals surface area (Å²) in [4.78, 5) is 35.2. The number of carbonyl (C=O) groups is 2. The number of aromatic nitrogens is 2. The minimum absolute atomic E-state index is 0.00122. The number of nitrogens with two attached hydrogens (primary N) is 1. The van der Waals surface area contributed by atoms with Gasteiger partial charge < -0.3 is 35.6 Å². The molecule has 2 aliphatic heterocycles.